The van der Waals surface area contributed by atoms with E-state index in [1.54, 1.807) is 0 Å². The minimum absolute atomic E-state index is 0.180. The lowest BCUT2D eigenvalue weighted by Crippen LogP contribution is -2.50. The topological polar surface area (TPSA) is 38.3 Å². The van der Waals surface area contributed by atoms with E-state index < -0.39 is 5.54 Å². The zero-order chi connectivity index (χ0) is 11.1. The van der Waals surface area contributed by atoms with Crippen molar-refractivity contribution in [2.24, 2.45) is 5.92 Å². The van der Waals surface area contributed by atoms with Gasteiger partial charge in [-0.25, -0.2) is 0 Å². The van der Waals surface area contributed by atoms with Crippen molar-refractivity contribution in [3.63, 3.8) is 0 Å². The Morgan fingerprint density at radius 1 is 1.73 bits per heavy atom. The summed E-state index contributed by atoms with van der Waals surface area (Å²) in [6.07, 6.45) is 2.64. The third-order valence-electron chi connectivity index (χ3n) is 3.31. The van der Waals surface area contributed by atoms with Crippen LogP contribution >= 0.6 is 11.6 Å². The van der Waals surface area contributed by atoms with Gasteiger partial charge in [0.2, 0.25) is 0 Å². The SMILES string of the molecule is C=C(CCl)C[C@]1(C(=O)OC)CC2C[C@H]2N1. The third kappa shape index (κ3) is 1.91. The van der Waals surface area contributed by atoms with Gasteiger partial charge in [-0.3, -0.25) is 10.1 Å². The van der Waals surface area contributed by atoms with Crippen LogP contribution in [0, 0.1) is 5.92 Å². The molecule has 1 aliphatic carbocycles. The molecule has 1 saturated carbocycles. The quantitative estimate of drug-likeness (QED) is 0.451. The van der Waals surface area contributed by atoms with E-state index in [4.69, 9.17) is 16.3 Å². The molecular formula is C11H16ClNO2. The van der Waals surface area contributed by atoms with Gasteiger partial charge in [-0.15, -0.1) is 11.6 Å². The molecule has 0 amide bonds. The van der Waals surface area contributed by atoms with Gasteiger partial charge >= 0.3 is 5.97 Å². The number of nitrogens with one attached hydrogen (secondary N) is 1. The van der Waals surface area contributed by atoms with Crippen LogP contribution in [0.3, 0.4) is 0 Å². The molecule has 2 fully saturated rings. The van der Waals surface area contributed by atoms with Crippen molar-refractivity contribution < 1.29 is 9.53 Å². The maximum absolute atomic E-state index is 11.8. The van der Waals surface area contributed by atoms with Crippen LogP contribution in [0.25, 0.3) is 0 Å². The molecule has 2 rings (SSSR count). The van der Waals surface area contributed by atoms with Crippen LogP contribution in [0.1, 0.15) is 19.3 Å². The fraction of sp³-hybridized carbons (Fsp3) is 0.727. The molecule has 0 radical (unpaired) electrons. The molecule has 2 aliphatic rings. The highest BCUT2D eigenvalue weighted by molar-refractivity contribution is 6.19. The summed E-state index contributed by atoms with van der Waals surface area (Å²) in [6, 6.07) is 0.507. The Morgan fingerprint density at radius 2 is 2.47 bits per heavy atom. The van der Waals surface area contributed by atoms with Gasteiger partial charge in [-0.05, 0) is 25.2 Å². The molecule has 1 heterocycles. The van der Waals surface area contributed by atoms with E-state index >= 15 is 0 Å². The number of methoxy groups -OCH3 is 1. The third-order valence-corrected chi connectivity index (χ3v) is 3.69. The van der Waals surface area contributed by atoms with Crippen molar-refractivity contribution in [2.75, 3.05) is 13.0 Å². The fourth-order valence-corrected chi connectivity index (χ4v) is 2.61. The molecule has 0 spiro atoms. The van der Waals surface area contributed by atoms with Gasteiger partial charge in [-0.1, -0.05) is 12.2 Å². The van der Waals surface area contributed by atoms with E-state index in [0.717, 1.165) is 12.0 Å². The first-order valence-electron chi connectivity index (χ1n) is 5.20. The van der Waals surface area contributed by atoms with E-state index in [1.807, 2.05) is 0 Å². The van der Waals surface area contributed by atoms with Gasteiger partial charge in [-0.2, -0.15) is 0 Å². The van der Waals surface area contributed by atoms with Crippen LogP contribution in [0.2, 0.25) is 0 Å². The highest BCUT2D eigenvalue weighted by Gasteiger charge is 2.57. The lowest BCUT2D eigenvalue weighted by molar-refractivity contribution is -0.148. The second-order valence-electron chi connectivity index (χ2n) is 4.58. The number of alkyl halides is 1. The first-order valence-corrected chi connectivity index (χ1v) is 5.73. The molecule has 0 aromatic heterocycles. The number of halogens is 1. The number of piperidine rings is 1. The molecule has 1 saturated heterocycles. The van der Waals surface area contributed by atoms with Crippen LogP contribution in [0.15, 0.2) is 12.2 Å². The Morgan fingerprint density at radius 3 is 2.93 bits per heavy atom. The first kappa shape index (κ1) is 11.0. The zero-order valence-electron chi connectivity index (χ0n) is 8.88. The Kier molecular flexibility index (Phi) is 2.77. The zero-order valence-corrected chi connectivity index (χ0v) is 9.64. The number of ether oxygens (including phenoxy) is 1. The van der Waals surface area contributed by atoms with Gasteiger partial charge < -0.3 is 4.74 Å². The molecule has 1 N–H and O–H groups in total. The maximum atomic E-state index is 11.8. The number of rotatable bonds is 4. The molecule has 84 valence electrons. The van der Waals surface area contributed by atoms with E-state index in [0.29, 0.717) is 24.3 Å². The molecule has 0 aromatic carbocycles. The Hall–Kier alpha value is -0.540. The molecule has 3 atom stereocenters. The Balaban J connectivity index is 2.09. The Labute approximate surface area is 94.8 Å². The van der Waals surface area contributed by atoms with Gasteiger partial charge in [0.25, 0.3) is 0 Å². The molecule has 0 aromatic rings. The van der Waals surface area contributed by atoms with Crippen LogP contribution < -0.4 is 5.32 Å². The van der Waals surface area contributed by atoms with Crippen LogP contribution in [-0.4, -0.2) is 30.5 Å². The summed E-state index contributed by atoms with van der Waals surface area (Å²) in [4.78, 5) is 11.8. The average molecular weight is 230 g/mol. The predicted octanol–water partition coefficient (Wildman–Crippen LogP) is 1.47. The summed E-state index contributed by atoms with van der Waals surface area (Å²) in [5.41, 5.74) is 0.338. The minimum Gasteiger partial charge on any atom is -0.468 e. The average Bonchev–Trinajstić information content (AvgIpc) is 2.85. The van der Waals surface area contributed by atoms with E-state index in [9.17, 15) is 4.79 Å². The summed E-state index contributed by atoms with van der Waals surface area (Å²) < 4.78 is 4.87. The van der Waals surface area contributed by atoms with E-state index in [1.165, 1.54) is 13.5 Å². The van der Waals surface area contributed by atoms with Crippen molar-refractivity contribution in [1.29, 1.82) is 0 Å². The standard InChI is InChI=1S/C11H16ClNO2/c1-7(6-12)4-11(10(14)15-2)5-8-3-9(8)13-11/h8-9,13H,1,3-6H2,2H3/t8?,9-,11-/m1/s1. The molecule has 3 nitrogen and oxygen atoms in total. The highest BCUT2D eigenvalue weighted by Crippen LogP contribution is 2.47. The number of hydrogen-bond acceptors (Lipinski definition) is 3. The molecular weight excluding hydrogens is 214 g/mol. The first-order chi connectivity index (χ1) is 7.11. The maximum Gasteiger partial charge on any atom is 0.326 e. The van der Waals surface area contributed by atoms with Crippen molar-refractivity contribution in [3.8, 4) is 0 Å². The van der Waals surface area contributed by atoms with Crippen LogP contribution in [-0.2, 0) is 9.53 Å². The van der Waals surface area contributed by atoms with Crippen molar-refractivity contribution in [2.45, 2.75) is 30.8 Å². The lowest BCUT2D eigenvalue weighted by Gasteiger charge is -2.29. The summed E-state index contributed by atoms with van der Waals surface area (Å²) in [7, 11) is 1.43. The van der Waals surface area contributed by atoms with Gasteiger partial charge in [0.1, 0.15) is 5.54 Å². The number of carbonyl (C=O) groups excluding carboxylic acids is 1. The van der Waals surface area contributed by atoms with Gasteiger partial charge in [0.15, 0.2) is 0 Å². The lowest BCUT2D eigenvalue weighted by atomic mass is 9.88. The smallest absolute Gasteiger partial charge is 0.326 e. The van der Waals surface area contributed by atoms with Crippen molar-refractivity contribution in [1.82, 2.24) is 5.32 Å². The molecule has 1 unspecified atom stereocenters. The molecule has 1 aliphatic heterocycles. The van der Waals surface area contributed by atoms with Gasteiger partial charge in [0, 0.05) is 11.9 Å². The largest absolute Gasteiger partial charge is 0.468 e. The van der Waals surface area contributed by atoms with Crippen LogP contribution in [0.5, 0.6) is 0 Å². The predicted molar refractivity (Wildman–Crippen MR) is 58.9 cm³/mol. The monoisotopic (exact) mass is 229 g/mol. The number of esters is 1. The van der Waals surface area contributed by atoms with Crippen LogP contribution in [0.4, 0.5) is 0 Å². The summed E-state index contributed by atoms with van der Waals surface area (Å²) in [5, 5.41) is 3.36. The second-order valence-corrected chi connectivity index (χ2v) is 4.85. The normalized spacial score (nSPS) is 37.2. The highest BCUT2D eigenvalue weighted by atomic mass is 35.5. The summed E-state index contributed by atoms with van der Waals surface area (Å²) >= 11 is 5.71. The number of carbonyl (C=O) groups is 1. The molecule has 15 heavy (non-hydrogen) atoms. The molecule has 4 heteroatoms. The van der Waals surface area contributed by atoms with E-state index in [2.05, 4.69) is 11.9 Å². The summed E-state index contributed by atoms with van der Waals surface area (Å²) in [5.74, 6) is 0.864. The van der Waals surface area contributed by atoms with E-state index in [-0.39, 0.29) is 5.97 Å². The second kappa shape index (κ2) is 3.80. The van der Waals surface area contributed by atoms with Crippen molar-refractivity contribution in [3.05, 3.63) is 12.2 Å². The summed E-state index contributed by atoms with van der Waals surface area (Å²) in [6.45, 7) is 3.86. The Bertz CT molecular complexity index is 293. The minimum atomic E-state index is -0.547. The molecule has 0 bridgehead atoms. The fourth-order valence-electron chi connectivity index (χ4n) is 2.52. The number of hydrogen-bond donors (Lipinski definition) is 1. The van der Waals surface area contributed by atoms with Gasteiger partial charge in [0.05, 0.1) is 7.11 Å². The van der Waals surface area contributed by atoms with Crippen molar-refractivity contribution >= 4 is 17.6 Å². The number of fused-ring (bicyclic) bond motifs is 1.